The third-order valence-electron chi connectivity index (χ3n) is 5.35. The van der Waals surface area contributed by atoms with Crippen LogP contribution in [0.1, 0.15) is 93.4 Å². The van der Waals surface area contributed by atoms with Crippen LogP contribution in [0.2, 0.25) is 0 Å². The van der Waals surface area contributed by atoms with Crippen LogP contribution >= 0.6 is 0 Å². The third kappa shape index (κ3) is 8.71. The molecule has 116 valence electrons. The molecule has 0 aromatic heterocycles. The van der Waals surface area contributed by atoms with Gasteiger partial charge in [0.2, 0.25) is 0 Å². The van der Waals surface area contributed by atoms with Gasteiger partial charge in [-0.05, 0) is 42.4 Å². The highest BCUT2D eigenvalue weighted by molar-refractivity contribution is 4.70. The van der Waals surface area contributed by atoms with Gasteiger partial charge >= 0.3 is 0 Å². The van der Waals surface area contributed by atoms with Crippen molar-refractivity contribution in [2.75, 3.05) is 0 Å². The molecule has 0 rings (SSSR count). The van der Waals surface area contributed by atoms with Crippen LogP contribution in [0.15, 0.2) is 0 Å². The van der Waals surface area contributed by atoms with Crippen LogP contribution < -0.4 is 0 Å². The Morgan fingerprint density at radius 1 is 0.579 bits per heavy atom. The lowest BCUT2D eigenvalue weighted by Gasteiger charge is -2.26. The van der Waals surface area contributed by atoms with Crippen molar-refractivity contribution in [3.8, 4) is 0 Å². The Morgan fingerprint density at radius 3 is 1.58 bits per heavy atom. The van der Waals surface area contributed by atoms with Crippen LogP contribution in [-0.4, -0.2) is 0 Å². The van der Waals surface area contributed by atoms with Crippen LogP contribution in [0.4, 0.5) is 0 Å². The van der Waals surface area contributed by atoms with Gasteiger partial charge in [-0.3, -0.25) is 0 Å². The Hall–Kier alpha value is 0. The summed E-state index contributed by atoms with van der Waals surface area (Å²) in [7, 11) is 0. The molecule has 0 aliphatic rings. The summed E-state index contributed by atoms with van der Waals surface area (Å²) in [6, 6.07) is 0. The first-order valence-electron chi connectivity index (χ1n) is 8.94. The first kappa shape index (κ1) is 19.0. The lowest BCUT2D eigenvalue weighted by molar-refractivity contribution is 0.246. The lowest BCUT2D eigenvalue weighted by Crippen LogP contribution is -2.15. The van der Waals surface area contributed by atoms with Crippen molar-refractivity contribution in [2.45, 2.75) is 93.4 Å². The van der Waals surface area contributed by atoms with Gasteiger partial charge in [-0.1, -0.05) is 80.6 Å². The van der Waals surface area contributed by atoms with E-state index in [-0.39, 0.29) is 0 Å². The molecule has 5 atom stereocenters. The summed E-state index contributed by atoms with van der Waals surface area (Å²) in [5.74, 6) is 4.60. The summed E-state index contributed by atoms with van der Waals surface area (Å²) in [6.45, 7) is 16.8. The van der Waals surface area contributed by atoms with Crippen molar-refractivity contribution in [3.05, 3.63) is 0 Å². The second-order valence-corrected chi connectivity index (χ2v) is 7.33. The predicted octanol–water partition coefficient (Wildman–Crippen LogP) is 6.94. The fourth-order valence-corrected chi connectivity index (χ4v) is 3.24. The first-order valence-corrected chi connectivity index (χ1v) is 8.94. The molecule has 0 bridgehead atoms. The lowest BCUT2D eigenvalue weighted by atomic mass is 9.79. The van der Waals surface area contributed by atoms with Crippen LogP contribution in [0.25, 0.3) is 0 Å². The Bertz CT molecular complexity index is 196. The standard InChI is InChI=1S/C19H40/c1-8-15(4)13-17(6)11-12-18(7)19(10-3)14-16(5)9-2/h15-19H,8-14H2,1-7H3. The van der Waals surface area contributed by atoms with Gasteiger partial charge in [0.05, 0.1) is 0 Å². The smallest absolute Gasteiger partial charge is 0.0389 e. The molecule has 0 aliphatic carbocycles. The van der Waals surface area contributed by atoms with Crippen LogP contribution in [-0.2, 0) is 0 Å². The van der Waals surface area contributed by atoms with Crippen molar-refractivity contribution in [2.24, 2.45) is 29.6 Å². The highest BCUT2D eigenvalue weighted by Gasteiger charge is 2.18. The summed E-state index contributed by atoms with van der Waals surface area (Å²) in [5, 5.41) is 0. The Morgan fingerprint density at radius 2 is 1.11 bits per heavy atom. The zero-order chi connectivity index (χ0) is 14.8. The maximum Gasteiger partial charge on any atom is -0.0389 e. The molecule has 0 N–H and O–H groups in total. The van der Waals surface area contributed by atoms with Crippen LogP contribution in [0, 0.1) is 29.6 Å². The van der Waals surface area contributed by atoms with E-state index in [2.05, 4.69) is 48.5 Å². The molecule has 0 saturated heterocycles. The van der Waals surface area contributed by atoms with Crippen molar-refractivity contribution >= 4 is 0 Å². The molecule has 0 aromatic rings. The largest absolute Gasteiger partial charge is 0.0651 e. The van der Waals surface area contributed by atoms with E-state index in [0.29, 0.717) is 0 Å². The third-order valence-corrected chi connectivity index (χ3v) is 5.35. The minimum Gasteiger partial charge on any atom is -0.0651 e. The minimum atomic E-state index is 0.907. The molecule has 0 saturated carbocycles. The zero-order valence-corrected chi connectivity index (χ0v) is 14.8. The van der Waals surface area contributed by atoms with E-state index in [4.69, 9.17) is 0 Å². The monoisotopic (exact) mass is 268 g/mol. The number of hydrogen-bond donors (Lipinski definition) is 0. The highest BCUT2D eigenvalue weighted by Crippen LogP contribution is 2.30. The summed E-state index contributed by atoms with van der Waals surface area (Å²) in [6.07, 6.45) is 9.78. The molecule has 0 amide bonds. The first-order chi connectivity index (χ1) is 8.94. The van der Waals surface area contributed by atoms with Crippen molar-refractivity contribution in [1.82, 2.24) is 0 Å². The SMILES string of the molecule is CCC(C)CC(C)CCC(C)C(CC)CC(C)CC. The average molecular weight is 269 g/mol. The summed E-state index contributed by atoms with van der Waals surface area (Å²) in [4.78, 5) is 0. The second kappa shape index (κ2) is 10.7. The fourth-order valence-electron chi connectivity index (χ4n) is 3.24. The zero-order valence-electron chi connectivity index (χ0n) is 14.8. The summed E-state index contributed by atoms with van der Waals surface area (Å²) >= 11 is 0. The van der Waals surface area contributed by atoms with Crippen LogP contribution in [0.3, 0.4) is 0 Å². The average Bonchev–Trinajstić information content (AvgIpc) is 2.41. The van der Waals surface area contributed by atoms with Gasteiger partial charge in [-0.15, -0.1) is 0 Å². The molecule has 0 heteroatoms. The Labute approximate surface area is 123 Å². The second-order valence-electron chi connectivity index (χ2n) is 7.33. The molecule has 0 heterocycles. The molecule has 5 unspecified atom stereocenters. The summed E-state index contributed by atoms with van der Waals surface area (Å²) in [5.41, 5.74) is 0. The van der Waals surface area contributed by atoms with E-state index < -0.39 is 0 Å². The Kier molecular flexibility index (Phi) is 10.7. The molecule has 0 aromatic carbocycles. The Balaban J connectivity index is 4.01. The van der Waals surface area contributed by atoms with E-state index >= 15 is 0 Å². The minimum absolute atomic E-state index is 0.907. The molecular weight excluding hydrogens is 228 g/mol. The quantitative estimate of drug-likeness (QED) is 0.381. The van der Waals surface area contributed by atoms with E-state index in [1.165, 1.54) is 44.9 Å². The van der Waals surface area contributed by atoms with Gasteiger partial charge in [0, 0.05) is 0 Å². The maximum atomic E-state index is 2.49. The number of hydrogen-bond acceptors (Lipinski definition) is 0. The molecule has 0 radical (unpaired) electrons. The molecule has 0 aliphatic heterocycles. The molecule has 19 heavy (non-hydrogen) atoms. The van der Waals surface area contributed by atoms with Crippen molar-refractivity contribution in [1.29, 1.82) is 0 Å². The highest BCUT2D eigenvalue weighted by atomic mass is 14.2. The number of rotatable bonds is 11. The van der Waals surface area contributed by atoms with Gasteiger partial charge in [-0.25, -0.2) is 0 Å². The summed E-state index contributed by atoms with van der Waals surface area (Å²) < 4.78 is 0. The van der Waals surface area contributed by atoms with Crippen LogP contribution in [0.5, 0.6) is 0 Å². The van der Waals surface area contributed by atoms with E-state index in [1.807, 2.05) is 0 Å². The van der Waals surface area contributed by atoms with Gasteiger partial charge in [0.15, 0.2) is 0 Å². The van der Waals surface area contributed by atoms with Crippen molar-refractivity contribution < 1.29 is 0 Å². The van der Waals surface area contributed by atoms with Gasteiger partial charge < -0.3 is 0 Å². The van der Waals surface area contributed by atoms with E-state index in [0.717, 1.165) is 29.6 Å². The molecule has 0 nitrogen and oxygen atoms in total. The normalized spacial score (nSPS) is 19.7. The molecular formula is C19H40. The van der Waals surface area contributed by atoms with Gasteiger partial charge in [-0.2, -0.15) is 0 Å². The van der Waals surface area contributed by atoms with E-state index in [9.17, 15) is 0 Å². The fraction of sp³-hybridized carbons (Fsp3) is 1.00. The molecule has 0 fully saturated rings. The topological polar surface area (TPSA) is 0 Å². The maximum absolute atomic E-state index is 2.49. The molecule has 0 spiro atoms. The van der Waals surface area contributed by atoms with Crippen molar-refractivity contribution in [3.63, 3.8) is 0 Å². The predicted molar refractivity (Wildman–Crippen MR) is 89.5 cm³/mol. The van der Waals surface area contributed by atoms with E-state index in [1.54, 1.807) is 0 Å². The van der Waals surface area contributed by atoms with Gasteiger partial charge in [0.25, 0.3) is 0 Å². The van der Waals surface area contributed by atoms with Gasteiger partial charge in [0.1, 0.15) is 0 Å².